The maximum atomic E-state index is 12.2. The summed E-state index contributed by atoms with van der Waals surface area (Å²) in [6, 6.07) is 27.7. The van der Waals surface area contributed by atoms with E-state index in [2.05, 4.69) is 100 Å². The van der Waals surface area contributed by atoms with Gasteiger partial charge in [-0.1, -0.05) is 135 Å². The van der Waals surface area contributed by atoms with Crippen molar-refractivity contribution in [2.75, 3.05) is 0 Å². The number of aliphatic hydroxyl groups is 1. The summed E-state index contributed by atoms with van der Waals surface area (Å²) in [4.78, 5) is 21.9. The Hall–Kier alpha value is -3.66. The standard InChI is InChI=1S/C31H27N2.C15H28O2.Ir/c1-19(2)15-22-17-23(16-21-10-6-7-11-24(21)22)29-28-30(33-18-32-29)27-25-12-8-5-9-20(25)13-14-26(27)31(28,3)4;1-7-14(5,8-2)12(16)11-13(17)15(6,9-3)10-4;/h5-14,17-19H,15H2,1-4H3;11,16H,7-10H2,1-6H3;/q-1;;/b;12-11-;. The van der Waals surface area contributed by atoms with Crippen molar-refractivity contribution in [2.45, 2.75) is 107 Å². The number of aliphatic hydroxyl groups excluding tert-OH is 1. The van der Waals surface area contributed by atoms with Crippen LogP contribution in [0.1, 0.15) is 112 Å². The van der Waals surface area contributed by atoms with Crippen molar-refractivity contribution in [1.29, 1.82) is 0 Å². The van der Waals surface area contributed by atoms with Gasteiger partial charge < -0.3 is 5.11 Å². The van der Waals surface area contributed by atoms with Crippen molar-refractivity contribution in [2.24, 2.45) is 16.7 Å². The van der Waals surface area contributed by atoms with Crippen LogP contribution in [0.15, 0.2) is 84.9 Å². The molecule has 0 fully saturated rings. The fraction of sp³-hybridized carbons (Fsp3) is 0.413. The minimum Gasteiger partial charge on any atom is -0.512 e. The second-order valence-electron chi connectivity index (χ2n) is 15.6. The summed E-state index contributed by atoms with van der Waals surface area (Å²) < 4.78 is 0. The molecule has 1 aromatic heterocycles. The van der Waals surface area contributed by atoms with Crippen LogP contribution in [-0.4, -0.2) is 20.9 Å². The van der Waals surface area contributed by atoms with Crippen LogP contribution in [0, 0.1) is 22.8 Å². The maximum absolute atomic E-state index is 12.2. The van der Waals surface area contributed by atoms with Crippen molar-refractivity contribution in [3.05, 3.63) is 108 Å². The molecular formula is C46H55IrN2O2-. The number of benzene rings is 4. The van der Waals surface area contributed by atoms with Gasteiger partial charge in [0.1, 0.15) is 12.1 Å². The molecule has 0 bridgehead atoms. The van der Waals surface area contributed by atoms with Gasteiger partial charge in [0.15, 0.2) is 5.78 Å². The Morgan fingerprint density at radius 2 is 1.43 bits per heavy atom. The Morgan fingerprint density at radius 1 is 0.843 bits per heavy atom. The molecule has 4 aromatic carbocycles. The maximum Gasteiger partial charge on any atom is 0.164 e. The smallest absolute Gasteiger partial charge is 0.164 e. The number of carbonyl (C=O) groups excluding carboxylic acids is 1. The molecule has 1 radical (unpaired) electrons. The molecular weight excluding hydrogens is 805 g/mol. The average Bonchev–Trinajstić information content (AvgIpc) is 3.37. The summed E-state index contributed by atoms with van der Waals surface area (Å²) >= 11 is 0. The van der Waals surface area contributed by atoms with Gasteiger partial charge in [-0.25, -0.2) is 4.98 Å². The Labute approximate surface area is 319 Å². The molecule has 5 heteroatoms. The normalized spacial score (nSPS) is 13.7. The fourth-order valence-corrected chi connectivity index (χ4v) is 7.28. The number of aromatic nitrogens is 2. The average molecular weight is 860 g/mol. The fourth-order valence-electron chi connectivity index (χ4n) is 7.28. The van der Waals surface area contributed by atoms with Gasteiger partial charge in [0.05, 0.1) is 5.69 Å². The first kappa shape index (κ1) is 40.1. The number of allylic oxidation sites excluding steroid dienone is 2. The molecule has 271 valence electrons. The Balaban J connectivity index is 0.000000279. The van der Waals surface area contributed by atoms with Gasteiger partial charge in [-0.2, -0.15) is 0 Å². The van der Waals surface area contributed by atoms with E-state index in [0.29, 0.717) is 5.92 Å². The summed E-state index contributed by atoms with van der Waals surface area (Å²) in [6.07, 6.45) is 7.51. The summed E-state index contributed by atoms with van der Waals surface area (Å²) in [6.45, 7) is 21.2. The second kappa shape index (κ2) is 15.9. The van der Waals surface area contributed by atoms with Gasteiger partial charge in [-0.05, 0) is 59.9 Å². The number of hydrogen-bond acceptors (Lipinski definition) is 4. The first-order valence-electron chi connectivity index (χ1n) is 18.5. The van der Waals surface area contributed by atoms with Crippen LogP contribution in [0.25, 0.3) is 44.1 Å². The summed E-state index contributed by atoms with van der Waals surface area (Å²) in [5.74, 6) is 0.862. The van der Waals surface area contributed by atoms with Gasteiger partial charge in [0.2, 0.25) is 0 Å². The molecule has 0 aliphatic heterocycles. The number of hydrogen-bond donors (Lipinski definition) is 1. The van der Waals surface area contributed by atoms with Crippen molar-refractivity contribution in [3.8, 4) is 22.5 Å². The number of fused-ring (bicyclic) bond motifs is 6. The molecule has 1 N–H and O–H groups in total. The molecule has 51 heavy (non-hydrogen) atoms. The molecule has 0 saturated carbocycles. The van der Waals surface area contributed by atoms with Crippen LogP contribution < -0.4 is 0 Å². The zero-order valence-electron chi connectivity index (χ0n) is 32.2. The van der Waals surface area contributed by atoms with Gasteiger partial charge >= 0.3 is 0 Å². The SMILES string of the molecule is CC(C)Cc1cc(-c2ncnc3c2C(C)(C)c2ccc4ccccc4c2-3)[c-]c2ccccc12.CCC(C)(CC)C(=O)/C=C(\O)C(C)(CC)CC.[Ir]. The first-order valence-corrected chi connectivity index (χ1v) is 18.5. The molecule has 0 amide bonds. The van der Waals surface area contributed by atoms with E-state index in [1.54, 1.807) is 6.33 Å². The van der Waals surface area contributed by atoms with Crippen LogP contribution in [0.3, 0.4) is 0 Å². The monoisotopic (exact) mass is 860 g/mol. The van der Waals surface area contributed by atoms with Gasteiger partial charge in [0.25, 0.3) is 0 Å². The van der Waals surface area contributed by atoms with Crippen LogP contribution >= 0.6 is 0 Å². The minimum absolute atomic E-state index is 0. The molecule has 0 saturated heterocycles. The van der Waals surface area contributed by atoms with E-state index < -0.39 is 0 Å². The van der Waals surface area contributed by atoms with Crippen molar-refractivity contribution in [1.82, 2.24) is 9.97 Å². The van der Waals surface area contributed by atoms with Crippen molar-refractivity contribution >= 4 is 27.3 Å². The topological polar surface area (TPSA) is 63.1 Å². The Morgan fingerprint density at radius 3 is 2.06 bits per heavy atom. The van der Waals surface area contributed by atoms with E-state index in [1.807, 2.05) is 41.5 Å². The van der Waals surface area contributed by atoms with Gasteiger partial charge in [-0.3, -0.25) is 9.78 Å². The molecule has 0 atom stereocenters. The quantitative estimate of drug-likeness (QED) is 0.0863. The zero-order valence-corrected chi connectivity index (χ0v) is 34.6. The number of ketones is 1. The van der Waals surface area contributed by atoms with E-state index in [9.17, 15) is 9.90 Å². The zero-order chi connectivity index (χ0) is 36.4. The van der Waals surface area contributed by atoms with Crippen LogP contribution in [-0.2, 0) is 36.7 Å². The van der Waals surface area contributed by atoms with E-state index in [0.717, 1.165) is 54.4 Å². The molecule has 1 aliphatic carbocycles. The third kappa shape index (κ3) is 7.62. The summed E-state index contributed by atoms with van der Waals surface area (Å²) in [7, 11) is 0. The molecule has 0 unspecified atom stereocenters. The predicted molar refractivity (Wildman–Crippen MR) is 211 cm³/mol. The van der Waals surface area contributed by atoms with Crippen molar-refractivity contribution in [3.63, 3.8) is 0 Å². The molecule has 1 heterocycles. The molecule has 0 spiro atoms. The van der Waals surface area contributed by atoms with E-state index in [1.165, 1.54) is 44.5 Å². The molecule has 5 aromatic rings. The molecule has 4 nitrogen and oxygen atoms in total. The number of nitrogens with zero attached hydrogens (tertiary/aromatic N) is 2. The minimum atomic E-state index is -0.337. The molecule has 1 aliphatic rings. The number of rotatable bonds is 10. The predicted octanol–water partition coefficient (Wildman–Crippen LogP) is 12.4. The second-order valence-corrected chi connectivity index (χ2v) is 15.6. The molecule has 6 rings (SSSR count). The third-order valence-electron chi connectivity index (χ3n) is 11.7. The Bertz CT molecular complexity index is 2050. The van der Waals surface area contributed by atoms with Gasteiger partial charge in [-0.15, -0.1) is 29.1 Å². The van der Waals surface area contributed by atoms with Crippen molar-refractivity contribution < 1.29 is 30.0 Å². The Kier molecular flexibility index (Phi) is 12.5. The number of carbonyl (C=O) groups is 1. The first-order chi connectivity index (χ1) is 23.7. The van der Waals surface area contributed by atoms with Crippen LogP contribution in [0.5, 0.6) is 0 Å². The largest absolute Gasteiger partial charge is 0.512 e. The third-order valence-corrected chi connectivity index (χ3v) is 11.7. The van der Waals surface area contributed by atoms with E-state index in [-0.39, 0.29) is 47.9 Å². The van der Waals surface area contributed by atoms with E-state index >= 15 is 0 Å². The van der Waals surface area contributed by atoms with Crippen LogP contribution in [0.2, 0.25) is 0 Å². The summed E-state index contributed by atoms with van der Waals surface area (Å²) in [5, 5.41) is 15.1. The van der Waals surface area contributed by atoms with E-state index in [4.69, 9.17) is 9.97 Å². The van der Waals surface area contributed by atoms with Gasteiger partial charge in [0, 0.05) is 53.7 Å². The summed E-state index contributed by atoms with van der Waals surface area (Å²) in [5.41, 5.74) is 7.47. The van der Waals surface area contributed by atoms with Crippen LogP contribution in [0.4, 0.5) is 0 Å².